The van der Waals surface area contributed by atoms with Crippen molar-refractivity contribution in [1.29, 1.82) is 0 Å². The molecule has 1 N–H and O–H groups in total. The number of hydrogen-bond donors (Lipinski definition) is 1. The average Bonchev–Trinajstić information content (AvgIpc) is 2.99. The molecule has 0 spiro atoms. The molecule has 0 saturated heterocycles. The molecule has 0 saturated carbocycles. The molecule has 1 heterocycles. The molecule has 0 fully saturated rings. The minimum Gasteiger partial charge on any atom is -0.368 e. The van der Waals surface area contributed by atoms with Crippen LogP contribution in [0.3, 0.4) is 0 Å². The summed E-state index contributed by atoms with van der Waals surface area (Å²) in [5.74, 6) is 0. The van der Waals surface area contributed by atoms with Gasteiger partial charge in [-0.15, -0.1) is 0 Å². The highest BCUT2D eigenvalue weighted by Gasteiger charge is 2.22. The molecule has 3 nitrogen and oxygen atoms in total. The van der Waals surface area contributed by atoms with E-state index in [0.717, 1.165) is 6.16 Å². The first-order chi connectivity index (χ1) is 11.7. The second-order valence-corrected chi connectivity index (χ2v) is 8.35. The molecule has 0 aliphatic carbocycles. The van der Waals surface area contributed by atoms with Gasteiger partial charge < -0.3 is 14.4 Å². The van der Waals surface area contributed by atoms with E-state index in [0.29, 0.717) is 13.2 Å². The molecule has 1 aliphatic heterocycles. The average molecular weight is 361 g/mol. The molecule has 0 bridgehead atoms. The fourth-order valence-electron chi connectivity index (χ4n) is 2.66. The third kappa shape index (κ3) is 4.31. The zero-order chi connectivity index (χ0) is 16.9. The molecule has 0 aromatic heterocycles. The van der Waals surface area contributed by atoms with Gasteiger partial charge in [0.25, 0.3) is 0 Å². The molecule has 1 atom stereocenters. The van der Waals surface area contributed by atoms with Crippen LogP contribution in [-0.4, -0.2) is 13.2 Å². The maximum absolute atomic E-state index is 5.70. The van der Waals surface area contributed by atoms with Crippen molar-refractivity contribution in [3.05, 3.63) is 59.2 Å². The minimum atomic E-state index is -0.819. The van der Waals surface area contributed by atoms with Crippen molar-refractivity contribution >= 4 is 25.8 Å². The van der Waals surface area contributed by atoms with E-state index in [1.165, 1.54) is 27.3 Å². The van der Waals surface area contributed by atoms with Crippen LogP contribution in [-0.2, 0) is 15.2 Å². The molecule has 2 aromatic rings. The summed E-state index contributed by atoms with van der Waals surface area (Å²) < 4.78 is 11.4. The summed E-state index contributed by atoms with van der Waals surface area (Å²) in [7, 11) is -0.819. The lowest BCUT2D eigenvalue weighted by Crippen LogP contribution is -2.01. The van der Waals surface area contributed by atoms with Crippen LogP contribution in [0, 0.1) is 6.92 Å². The van der Waals surface area contributed by atoms with E-state index in [-0.39, 0.29) is 5.37 Å². The maximum atomic E-state index is 5.70. The molecule has 5 heteroatoms. The Kier molecular flexibility index (Phi) is 6.18. The smallest absolute Gasteiger partial charge is 0.175 e. The summed E-state index contributed by atoms with van der Waals surface area (Å²) in [6.07, 6.45) is 0.849. The van der Waals surface area contributed by atoms with Gasteiger partial charge in [-0.05, 0) is 49.6 Å². The molecular weight excluding hydrogens is 337 g/mol. The van der Waals surface area contributed by atoms with Crippen LogP contribution < -0.4 is 5.32 Å². The quantitative estimate of drug-likeness (QED) is 0.604. The van der Waals surface area contributed by atoms with Crippen LogP contribution in [0.4, 0.5) is 5.69 Å². The van der Waals surface area contributed by atoms with Crippen LogP contribution in [0.2, 0.25) is 0 Å². The standard InChI is InChI=1S/C19H24NO2PS/c1-4-21-23(22-5-2)13-15-7-9-16(10-8-15)19-20-17-11-6-14(3)12-18(17)24-19/h6-12,19-20H,4-5,13H2,1-3H3. The van der Waals surface area contributed by atoms with Crippen LogP contribution in [0.1, 0.15) is 35.9 Å². The summed E-state index contributed by atoms with van der Waals surface area (Å²) in [5, 5.41) is 3.88. The Labute approximate surface area is 150 Å². The van der Waals surface area contributed by atoms with Gasteiger partial charge in [-0.3, -0.25) is 0 Å². The van der Waals surface area contributed by atoms with Gasteiger partial charge in [-0.1, -0.05) is 42.1 Å². The molecule has 0 radical (unpaired) electrons. The number of anilines is 1. The Morgan fingerprint density at radius 3 is 2.42 bits per heavy atom. The highest BCUT2D eigenvalue weighted by atomic mass is 32.2. The lowest BCUT2D eigenvalue weighted by Gasteiger charge is -2.16. The molecule has 128 valence electrons. The molecule has 3 rings (SSSR count). The fraction of sp³-hybridized carbons (Fsp3) is 0.368. The van der Waals surface area contributed by atoms with Gasteiger partial charge in [0.1, 0.15) is 5.37 Å². The number of nitrogens with one attached hydrogen (secondary N) is 1. The summed E-state index contributed by atoms with van der Waals surface area (Å²) in [5.41, 5.74) is 5.10. The number of hydrogen-bond acceptors (Lipinski definition) is 4. The first kappa shape index (κ1) is 17.8. The number of thioether (sulfide) groups is 1. The van der Waals surface area contributed by atoms with Gasteiger partial charge in [-0.25, -0.2) is 0 Å². The first-order valence-electron chi connectivity index (χ1n) is 8.35. The Morgan fingerprint density at radius 1 is 1.04 bits per heavy atom. The van der Waals surface area contributed by atoms with Crippen molar-refractivity contribution in [2.45, 2.75) is 37.2 Å². The second-order valence-electron chi connectivity index (χ2n) is 5.71. The molecule has 0 amide bonds. The van der Waals surface area contributed by atoms with Gasteiger partial charge in [-0.2, -0.15) is 0 Å². The van der Waals surface area contributed by atoms with E-state index in [2.05, 4.69) is 54.7 Å². The lowest BCUT2D eigenvalue weighted by molar-refractivity contribution is 0.268. The SMILES string of the molecule is CCOP(Cc1ccc(C2Nc3ccc(C)cc3S2)cc1)OCC. The van der Waals surface area contributed by atoms with E-state index < -0.39 is 8.38 Å². The summed E-state index contributed by atoms with van der Waals surface area (Å²) in [6.45, 7) is 7.56. The monoisotopic (exact) mass is 361 g/mol. The van der Waals surface area contributed by atoms with Crippen molar-refractivity contribution in [3.63, 3.8) is 0 Å². The van der Waals surface area contributed by atoms with E-state index in [1.807, 2.05) is 25.6 Å². The van der Waals surface area contributed by atoms with Gasteiger partial charge in [0.05, 0.1) is 13.2 Å². The second kappa shape index (κ2) is 8.35. The largest absolute Gasteiger partial charge is 0.368 e. The van der Waals surface area contributed by atoms with Crippen molar-refractivity contribution in [2.75, 3.05) is 18.5 Å². The number of aryl methyl sites for hydroxylation is 1. The Morgan fingerprint density at radius 2 is 1.75 bits per heavy atom. The van der Waals surface area contributed by atoms with Crippen LogP contribution in [0.25, 0.3) is 0 Å². The maximum Gasteiger partial charge on any atom is 0.175 e. The molecular formula is C19H24NO2PS. The number of benzene rings is 2. The summed E-state index contributed by atoms with van der Waals surface area (Å²) >= 11 is 1.88. The van der Waals surface area contributed by atoms with Crippen molar-refractivity contribution in [1.82, 2.24) is 0 Å². The highest BCUT2D eigenvalue weighted by molar-refractivity contribution is 8.00. The zero-order valence-electron chi connectivity index (χ0n) is 14.4. The van der Waals surface area contributed by atoms with Crippen LogP contribution in [0.5, 0.6) is 0 Å². The first-order valence-corrected chi connectivity index (χ1v) is 10.6. The zero-order valence-corrected chi connectivity index (χ0v) is 16.1. The fourth-order valence-corrected chi connectivity index (χ4v) is 5.24. The van der Waals surface area contributed by atoms with E-state index in [9.17, 15) is 0 Å². The summed E-state index contributed by atoms with van der Waals surface area (Å²) in [4.78, 5) is 1.33. The van der Waals surface area contributed by atoms with E-state index in [4.69, 9.17) is 9.05 Å². The van der Waals surface area contributed by atoms with Gasteiger partial charge >= 0.3 is 0 Å². The Bertz CT molecular complexity index is 672. The normalized spacial score (nSPS) is 16.2. The Balaban J connectivity index is 1.65. The van der Waals surface area contributed by atoms with Gasteiger partial charge in [0.2, 0.25) is 0 Å². The van der Waals surface area contributed by atoms with E-state index >= 15 is 0 Å². The predicted octanol–water partition coefficient (Wildman–Crippen LogP) is 6.10. The number of rotatable bonds is 7. The van der Waals surface area contributed by atoms with Crippen molar-refractivity contribution in [2.24, 2.45) is 0 Å². The third-order valence-corrected chi connectivity index (χ3v) is 6.74. The Hall–Kier alpha value is -1.06. The molecule has 2 aromatic carbocycles. The molecule has 1 unspecified atom stereocenters. The topological polar surface area (TPSA) is 30.5 Å². The highest BCUT2D eigenvalue weighted by Crippen LogP contribution is 2.47. The lowest BCUT2D eigenvalue weighted by atomic mass is 10.1. The molecule has 1 aliphatic rings. The predicted molar refractivity (Wildman–Crippen MR) is 104 cm³/mol. The van der Waals surface area contributed by atoms with Crippen LogP contribution >= 0.6 is 20.1 Å². The minimum absolute atomic E-state index is 0.288. The summed E-state index contributed by atoms with van der Waals surface area (Å²) in [6, 6.07) is 15.4. The van der Waals surface area contributed by atoms with E-state index in [1.54, 1.807) is 0 Å². The van der Waals surface area contributed by atoms with Crippen molar-refractivity contribution < 1.29 is 9.05 Å². The van der Waals surface area contributed by atoms with Crippen molar-refractivity contribution in [3.8, 4) is 0 Å². The van der Waals surface area contributed by atoms with Crippen LogP contribution in [0.15, 0.2) is 47.4 Å². The number of fused-ring (bicyclic) bond motifs is 1. The van der Waals surface area contributed by atoms with Gasteiger partial charge in [0.15, 0.2) is 8.38 Å². The van der Waals surface area contributed by atoms with Gasteiger partial charge in [0, 0.05) is 16.7 Å². The third-order valence-electron chi connectivity index (χ3n) is 3.81. The molecule has 24 heavy (non-hydrogen) atoms.